The maximum atomic E-state index is 12.8. The van der Waals surface area contributed by atoms with Crippen LogP contribution in [0.25, 0.3) is 0 Å². The van der Waals surface area contributed by atoms with Crippen molar-refractivity contribution in [2.45, 2.75) is 239 Å². The third-order valence-electron chi connectivity index (χ3n) is 11.2. The van der Waals surface area contributed by atoms with Gasteiger partial charge in [-0.15, -0.1) is 0 Å². The van der Waals surface area contributed by atoms with Gasteiger partial charge in [-0.05, 0) is 128 Å². The van der Waals surface area contributed by atoms with E-state index in [1.807, 2.05) is 0 Å². The molecule has 1 unspecified atom stereocenters. The van der Waals surface area contributed by atoms with Crippen LogP contribution >= 0.6 is 0 Å². The van der Waals surface area contributed by atoms with Gasteiger partial charge < -0.3 is 14.2 Å². The topological polar surface area (TPSA) is 78.9 Å². The highest BCUT2D eigenvalue weighted by atomic mass is 16.6. The smallest absolute Gasteiger partial charge is 0.306 e. The molecule has 0 N–H and O–H groups in total. The van der Waals surface area contributed by atoms with Crippen LogP contribution < -0.4 is 0 Å². The highest BCUT2D eigenvalue weighted by Gasteiger charge is 2.19. The molecule has 1 atom stereocenters. The van der Waals surface area contributed by atoms with E-state index in [0.29, 0.717) is 19.3 Å². The lowest BCUT2D eigenvalue weighted by Crippen LogP contribution is -2.30. The van der Waals surface area contributed by atoms with E-state index in [1.54, 1.807) is 0 Å². The molecule has 0 aromatic carbocycles. The van der Waals surface area contributed by atoms with E-state index in [2.05, 4.69) is 142 Å². The summed E-state index contributed by atoms with van der Waals surface area (Å²) in [5.74, 6) is -0.999. The molecule has 0 aliphatic carbocycles. The number of hydrogen-bond acceptors (Lipinski definition) is 6. The Kier molecular flexibility index (Phi) is 52.0. The van der Waals surface area contributed by atoms with Gasteiger partial charge in [-0.1, -0.05) is 206 Å². The molecular formula is C62H100O6. The molecule has 384 valence electrons. The maximum absolute atomic E-state index is 12.8. The first-order chi connectivity index (χ1) is 33.5. The predicted octanol–water partition coefficient (Wildman–Crippen LogP) is 18.5. The number of hydrogen-bond donors (Lipinski definition) is 0. The molecule has 0 saturated heterocycles. The average Bonchev–Trinajstić information content (AvgIpc) is 3.34. The lowest BCUT2D eigenvalue weighted by atomic mass is 10.1. The highest BCUT2D eigenvalue weighted by molar-refractivity contribution is 5.71. The van der Waals surface area contributed by atoms with Crippen LogP contribution in [0.4, 0.5) is 0 Å². The van der Waals surface area contributed by atoms with E-state index in [1.165, 1.54) is 57.8 Å². The molecule has 68 heavy (non-hydrogen) atoms. The van der Waals surface area contributed by atoms with E-state index in [0.717, 1.165) is 128 Å². The van der Waals surface area contributed by atoms with Crippen molar-refractivity contribution in [3.8, 4) is 0 Å². The zero-order valence-electron chi connectivity index (χ0n) is 43.8. The summed E-state index contributed by atoms with van der Waals surface area (Å²) in [5, 5.41) is 0. The summed E-state index contributed by atoms with van der Waals surface area (Å²) < 4.78 is 16.7. The van der Waals surface area contributed by atoms with Gasteiger partial charge in [-0.3, -0.25) is 14.4 Å². The Hall–Kier alpha value is -4.19. The Balaban J connectivity index is 4.50. The molecule has 0 saturated carbocycles. The van der Waals surface area contributed by atoms with Crippen molar-refractivity contribution in [2.24, 2.45) is 0 Å². The predicted molar refractivity (Wildman–Crippen MR) is 293 cm³/mol. The van der Waals surface area contributed by atoms with Crippen molar-refractivity contribution in [3.63, 3.8) is 0 Å². The fourth-order valence-corrected chi connectivity index (χ4v) is 7.04. The number of carbonyl (C=O) groups excluding carboxylic acids is 3. The molecule has 0 amide bonds. The number of ether oxygens (including phenoxy) is 3. The van der Waals surface area contributed by atoms with Crippen LogP contribution in [0, 0.1) is 0 Å². The molecule has 0 rings (SSSR count). The molecule has 6 nitrogen and oxygen atoms in total. The Morgan fingerprint density at radius 3 is 0.971 bits per heavy atom. The first-order valence-electron chi connectivity index (χ1n) is 27.5. The summed E-state index contributed by atoms with van der Waals surface area (Å²) >= 11 is 0. The fourth-order valence-electron chi connectivity index (χ4n) is 7.04. The Bertz CT molecular complexity index is 1450. The second-order valence-electron chi connectivity index (χ2n) is 17.7. The number of rotatable bonds is 48. The standard InChI is InChI=1S/C62H100O6/c1-4-7-10-13-16-19-22-25-27-28-29-30-31-32-33-34-36-37-40-43-46-49-52-55-61(64)67-58-59(57-66-60(63)54-51-48-45-42-39-24-21-18-15-12-9-6-3)68-62(65)56-53-50-47-44-41-38-35-26-23-20-17-14-11-8-5-2/h7,10,16-21,25-27,29-30,32-33,35-37,43,46,59H,4-6,8-9,11-15,22-24,28,31,34,38-42,44-45,47-58H2,1-3H3/b10-7-,19-16-,20-17-,21-18-,27-25-,30-29-,33-32-,35-26-,37-36-,46-43-. The second kappa shape index (κ2) is 55.4. The summed E-state index contributed by atoms with van der Waals surface area (Å²) in [6.45, 7) is 6.39. The Morgan fingerprint density at radius 2 is 0.588 bits per heavy atom. The minimum atomic E-state index is -0.815. The molecule has 0 aromatic heterocycles. The van der Waals surface area contributed by atoms with Gasteiger partial charge in [0, 0.05) is 19.3 Å². The minimum absolute atomic E-state index is 0.109. The molecule has 0 fully saturated rings. The van der Waals surface area contributed by atoms with Crippen molar-refractivity contribution in [1.82, 2.24) is 0 Å². The Labute approximate surface area is 418 Å². The van der Waals surface area contributed by atoms with Crippen molar-refractivity contribution in [3.05, 3.63) is 122 Å². The van der Waals surface area contributed by atoms with Crippen molar-refractivity contribution >= 4 is 17.9 Å². The van der Waals surface area contributed by atoms with Gasteiger partial charge in [0.05, 0.1) is 0 Å². The number of carbonyl (C=O) groups is 3. The van der Waals surface area contributed by atoms with E-state index >= 15 is 0 Å². The molecule has 0 aromatic rings. The molecular weight excluding hydrogens is 841 g/mol. The van der Waals surface area contributed by atoms with Gasteiger partial charge >= 0.3 is 17.9 Å². The van der Waals surface area contributed by atoms with E-state index in [4.69, 9.17) is 14.2 Å². The SMILES string of the molecule is CC/C=C\C/C=C\C/C=C\C/C=C\C/C=C\C/C=C\C/C=C\CCCC(=O)OCC(COC(=O)CCCCCCC/C=C\CCCCC)OC(=O)CCCCCCC/C=C\C/C=C\CCCCC. The van der Waals surface area contributed by atoms with Crippen molar-refractivity contribution in [2.75, 3.05) is 13.2 Å². The summed E-state index contributed by atoms with van der Waals surface area (Å²) in [6.07, 6.45) is 76.2. The molecule has 0 aliphatic heterocycles. The zero-order valence-corrected chi connectivity index (χ0v) is 43.8. The van der Waals surface area contributed by atoms with Crippen LogP contribution in [0.15, 0.2) is 122 Å². The summed E-state index contributed by atoms with van der Waals surface area (Å²) in [6, 6.07) is 0. The van der Waals surface area contributed by atoms with E-state index in [-0.39, 0.29) is 37.5 Å². The van der Waals surface area contributed by atoms with Crippen molar-refractivity contribution < 1.29 is 28.6 Å². The van der Waals surface area contributed by atoms with Gasteiger partial charge in [0.2, 0.25) is 0 Å². The van der Waals surface area contributed by atoms with Gasteiger partial charge in [0.1, 0.15) is 13.2 Å². The minimum Gasteiger partial charge on any atom is -0.462 e. The molecule has 0 heterocycles. The molecule has 6 heteroatoms. The van der Waals surface area contributed by atoms with Crippen LogP contribution in [0.1, 0.15) is 233 Å². The third kappa shape index (κ3) is 52.8. The van der Waals surface area contributed by atoms with Gasteiger partial charge in [-0.2, -0.15) is 0 Å². The van der Waals surface area contributed by atoms with Crippen LogP contribution in [-0.2, 0) is 28.6 Å². The first-order valence-corrected chi connectivity index (χ1v) is 27.5. The Morgan fingerprint density at radius 1 is 0.309 bits per heavy atom. The summed E-state index contributed by atoms with van der Waals surface area (Å²) in [5.41, 5.74) is 0. The van der Waals surface area contributed by atoms with E-state index in [9.17, 15) is 14.4 Å². The van der Waals surface area contributed by atoms with Gasteiger partial charge in [0.25, 0.3) is 0 Å². The highest BCUT2D eigenvalue weighted by Crippen LogP contribution is 2.13. The number of esters is 3. The van der Waals surface area contributed by atoms with Crippen molar-refractivity contribution in [1.29, 1.82) is 0 Å². The lowest BCUT2D eigenvalue weighted by Gasteiger charge is -2.18. The zero-order chi connectivity index (χ0) is 49.3. The largest absolute Gasteiger partial charge is 0.462 e. The van der Waals surface area contributed by atoms with Crippen LogP contribution in [0.3, 0.4) is 0 Å². The molecule has 0 spiro atoms. The second-order valence-corrected chi connectivity index (χ2v) is 17.7. The van der Waals surface area contributed by atoms with Crippen LogP contribution in [0.5, 0.6) is 0 Å². The molecule has 0 radical (unpaired) electrons. The number of unbranched alkanes of at least 4 members (excludes halogenated alkanes) is 17. The number of allylic oxidation sites excluding steroid dienone is 20. The fraction of sp³-hybridized carbons (Fsp3) is 0.629. The van der Waals surface area contributed by atoms with E-state index < -0.39 is 6.10 Å². The summed E-state index contributed by atoms with van der Waals surface area (Å²) in [4.78, 5) is 38.0. The van der Waals surface area contributed by atoms with Crippen LogP contribution in [0.2, 0.25) is 0 Å². The maximum Gasteiger partial charge on any atom is 0.306 e. The van der Waals surface area contributed by atoms with Gasteiger partial charge in [-0.25, -0.2) is 0 Å². The normalized spacial score (nSPS) is 13.0. The average molecular weight is 941 g/mol. The lowest BCUT2D eigenvalue weighted by molar-refractivity contribution is -0.167. The molecule has 0 bridgehead atoms. The molecule has 0 aliphatic rings. The summed E-state index contributed by atoms with van der Waals surface area (Å²) in [7, 11) is 0. The van der Waals surface area contributed by atoms with Crippen LogP contribution in [-0.4, -0.2) is 37.2 Å². The van der Waals surface area contributed by atoms with Gasteiger partial charge in [0.15, 0.2) is 6.10 Å². The third-order valence-corrected chi connectivity index (χ3v) is 11.2. The quantitative estimate of drug-likeness (QED) is 0.0262. The first kappa shape index (κ1) is 63.8. The monoisotopic (exact) mass is 941 g/mol.